The zero-order valence-corrected chi connectivity index (χ0v) is 11.2. The second-order valence-corrected chi connectivity index (χ2v) is 4.95. The topological polar surface area (TPSA) is 50.2 Å². The molecule has 0 unspecified atom stereocenters. The SMILES string of the molecule is CCN1CCC(CNc2nccn(C)c2=O)CC1. The smallest absolute Gasteiger partial charge is 0.293 e. The monoisotopic (exact) mass is 250 g/mol. The molecule has 2 heterocycles. The van der Waals surface area contributed by atoms with E-state index in [0.29, 0.717) is 11.7 Å². The van der Waals surface area contributed by atoms with Crippen molar-refractivity contribution < 1.29 is 0 Å². The molecule has 0 spiro atoms. The van der Waals surface area contributed by atoms with Gasteiger partial charge in [-0.25, -0.2) is 4.98 Å². The molecule has 1 aromatic rings. The molecule has 0 atom stereocenters. The molecule has 0 radical (unpaired) electrons. The van der Waals surface area contributed by atoms with Gasteiger partial charge < -0.3 is 14.8 Å². The Kier molecular flexibility index (Phi) is 4.36. The van der Waals surface area contributed by atoms with E-state index in [2.05, 4.69) is 22.1 Å². The average Bonchev–Trinajstić information content (AvgIpc) is 2.41. The van der Waals surface area contributed by atoms with Crippen molar-refractivity contribution in [2.45, 2.75) is 19.8 Å². The summed E-state index contributed by atoms with van der Waals surface area (Å²) >= 11 is 0. The first-order valence-electron chi connectivity index (χ1n) is 6.68. The van der Waals surface area contributed by atoms with Crippen LogP contribution in [0.3, 0.4) is 0 Å². The molecule has 0 amide bonds. The van der Waals surface area contributed by atoms with E-state index in [1.54, 1.807) is 24.0 Å². The lowest BCUT2D eigenvalue weighted by atomic mass is 9.97. The summed E-state index contributed by atoms with van der Waals surface area (Å²) in [6.07, 6.45) is 5.73. The Balaban J connectivity index is 1.85. The molecule has 1 saturated heterocycles. The second kappa shape index (κ2) is 6.00. The predicted molar refractivity (Wildman–Crippen MR) is 72.8 cm³/mol. The summed E-state index contributed by atoms with van der Waals surface area (Å²) in [7, 11) is 1.74. The third-order valence-corrected chi connectivity index (χ3v) is 3.73. The quantitative estimate of drug-likeness (QED) is 0.863. The van der Waals surface area contributed by atoms with Crippen LogP contribution in [0.25, 0.3) is 0 Å². The summed E-state index contributed by atoms with van der Waals surface area (Å²) in [5.74, 6) is 1.12. The van der Waals surface area contributed by atoms with Gasteiger partial charge in [-0.2, -0.15) is 0 Å². The fraction of sp³-hybridized carbons (Fsp3) is 0.692. The van der Waals surface area contributed by atoms with Gasteiger partial charge in [0.15, 0.2) is 5.82 Å². The highest BCUT2D eigenvalue weighted by molar-refractivity contribution is 5.30. The molecule has 18 heavy (non-hydrogen) atoms. The average molecular weight is 250 g/mol. The third-order valence-electron chi connectivity index (χ3n) is 3.73. The summed E-state index contributed by atoms with van der Waals surface area (Å²) in [6, 6.07) is 0. The van der Waals surface area contributed by atoms with Gasteiger partial charge in [0, 0.05) is 26.0 Å². The fourth-order valence-electron chi connectivity index (χ4n) is 2.37. The van der Waals surface area contributed by atoms with Gasteiger partial charge in [0.25, 0.3) is 5.56 Å². The van der Waals surface area contributed by atoms with Crippen LogP contribution >= 0.6 is 0 Å². The van der Waals surface area contributed by atoms with Crippen molar-refractivity contribution >= 4 is 5.82 Å². The molecule has 0 bridgehead atoms. The Bertz CT molecular complexity index is 435. The molecule has 0 aromatic carbocycles. The number of likely N-dealkylation sites (tertiary alicyclic amines) is 1. The van der Waals surface area contributed by atoms with Gasteiger partial charge in [-0.15, -0.1) is 0 Å². The van der Waals surface area contributed by atoms with Crippen LogP contribution in [0.2, 0.25) is 0 Å². The Morgan fingerprint density at radius 1 is 1.44 bits per heavy atom. The molecule has 0 saturated carbocycles. The van der Waals surface area contributed by atoms with E-state index in [9.17, 15) is 4.79 Å². The number of hydrogen-bond acceptors (Lipinski definition) is 4. The molecule has 1 aliphatic rings. The Hall–Kier alpha value is -1.36. The van der Waals surface area contributed by atoms with E-state index < -0.39 is 0 Å². The van der Waals surface area contributed by atoms with Gasteiger partial charge in [0.05, 0.1) is 0 Å². The number of aryl methyl sites for hydroxylation is 1. The van der Waals surface area contributed by atoms with E-state index >= 15 is 0 Å². The third kappa shape index (κ3) is 3.10. The number of hydrogen-bond donors (Lipinski definition) is 1. The van der Waals surface area contributed by atoms with Crippen LogP contribution in [0.15, 0.2) is 17.2 Å². The lowest BCUT2D eigenvalue weighted by Crippen LogP contribution is -2.36. The molecule has 0 aliphatic carbocycles. The number of rotatable bonds is 4. The fourth-order valence-corrected chi connectivity index (χ4v) is 2.37. The first-order valence-corrected chi connectivity index (χ1v) is 6.68. The maximum atomic E-state index is 11.8. The van der Waals surface area contributed by atoms with Crippen molar-refractivity contribution in [2.75, 3.05) is 31.5 Å². The standard InChI is InChI=1S/C13H22N4O/c1-3-17-7-4-11(5-8-17)10-15-12-13(18)16(2)9-6-14-12/h6,9,11H,3-5,7-8,10H2,1-2H3,(H,14,15). The maximum absolute atomic E-state index is 11.8. The van der Waals surface area contributed by atoms with E-state index in [4.69, 9.17) is 0 Å². The number of piperidine rings is 1. The number of nitrogens with one attached hydrogen (secondary N) is 1. The van der Waals surface area contributed by atoms with Crippen LogP contribution in [-0.4, -0.2) is 40.6 Å². The molecular weight excluding hydrogens is 228 g/mol. The minimum Gasteiger partial charge on any atom is -0.365 e. The summed E-state index contributed by atoms with van der Waals surface area (Å²) in [5.41, 5.74) is -0.0523. The Labute approximate surface area is 108 Å². The van der Waals surface area contributed by atoms with Crippen LogP contribution in [0, 0.1) is 5.92 Å². The zero-order valence-electron chi connectivity index (χ0n) is 11.2. The first kappa shape index (κ1) is 13.1. The highest BCUT2D eigenvalue weighted by Gasteiger charge is 2.18. The molecule has 1 fully saturated rings. The summed E-state index contributed by atoms with van der Waals surface area (Å²) in [5, 5.41) is 3.19. The lowest BCUT2D eigenvalue weighted by molar-refractivity contribution is 0.198. The van der Waals surface area contributed by atoms with Gasteiger partial charge in [-0.05, 0) is 38.4 Å². The van der Waals surface area contributed by atoms with Crippen LogP contribution in [0.1, 0.15) is 19.8 Å². The van der Waals surface area contributed by atoms with Crippen LogP contribution in [-0.2, 0) is 7.05 Å². The highest BCUT2D eigenvalue weighted by atomic mass is 16.1. The van der Waals surface area contributed by atoms with Crippen LogP contribution in [0.5, 0.6) is 0 Å². The summed E-state index contributed by atoms with van der Waals surface area (Å²) in [6.45, 7) is 6.53. The predicted octanol–water partition coefficient (Wildman–Crippen LogP) is 0.924. The highest BCUT2D eigenvalue weighted by Crippen LogP contribution is 2.16. The normalized spacial score (nSPS) is 17.9. The minimum atomic E-state index is -0.0523. The zero-order chi connectivity index (χ0) is 13.0. The molecule has 2 rings (SSSR count). The van der Waals surface area contributed by atoms with Crippen molar-refractivity contribution in [3.05, 3.63) is 22.7 Å². The maximum Gasteiger partial charge on any atom is 0.293 e. The Morgan fingerprint density at radius 3 is 2.83 bits per heavy atom. The molecule has 5 nitrogen and oxygen atoms in total. The Morgan fingerprint density at radius 2 is 2.17 bits per heavy atom. The van der Waals surface area contributed by atoms with E-state index in [1.807, 2.05) is 0 Å². The van der Waals surface area contributed by atoms with Gasteiger partial charge in [-0.3, -0.25) is 4.79 Å². The molecule has 1 aromatic heterocycles. The van der Waals surface area contributed by atoms with Crippen molar-refractivity contribution in [1.29, 1.82) is 0 Å². The minimum absolute atomic E-state index is 0.0523. The van der Waals surface area contributed by atoms with E-state index in [1.165, 1.54) is 25.9 Å². The van der Waals surface area contributed by atoms with Gasteiger partial charge >= 0.3 is 0 Å². The summed E-state index contributed by atoms with van der Waals surface area (Å²) in [4.78, 5) is 18.3. The number of aromatic nitrogens is 2. The number of anilines is 1. The van der Waals surface area contributed by atoms with E-state index in [0.717, 1.165) is 13.1 Å². The van der Waals surface area contributed by atoms with Crippen LogP contribution in [0.4, 0.5) is 5.82 Å². The van der Waals surface area contributed by atoms with Gasteiger partial charge in [0.1, 0.15) is 0 Å². The van der Waals surface area contributed by atoms with Crippen LogP contribution < -0.4 is 10.9 Å². The van der Waals surface area contributed by atoms with Crippen molar-refractivity contribution in [3.63, 3.8) is 0 Å². The molecule has 1 N–H and O–H groups in total. The molecular formula is C13H22N4O. The molecule has 5 heteroatoms. The number of nitrogens with zero attached hydrogens (tertiary/aromatic N) is 3. The van der Waals surface area contributed by atoms with Crippen molar-refractivity contribution in [1.82, 2.24) is 14.5 Å². The van der Waals surface area contributed by atoms with Crippen molar-refractivity contribution in [3.8, 4) is 0 Å². The lowest BCUT2D eigenvalue weighted by Gasteiger charge is -2.31. The molecule has 100 valence electrons. The largest absolute Gasteiger partial charge is 0.365 e. The first-order chi connectivity index (χ1) is 8.70. The van der Waals surface area contributed by atoms with Crippen molar-refractivity contribution in [2.24, 2.45) is 13.0 Å². The van der Waals surface area contributed by atoms with E-state index in [-0.39, 0.29) is 5.56 Å². The summed E-state index contributed by atoms with van der Waals surface area (Å²) < 4.78 is 1.55. The molecule has 1 aliphatic heterocycles. The second-order valence-electron chi connectivity index (χ2n) is 4.95. The van der Waals surface area contributed by atoms with Gasteiger partial charge in [0.2, 0.25) is 0 Å². The van der Waals surface area contributed by atoms with Gasteiger partial charge in [-0.1, -0.05) is 6.92 Å².